The molecule has 0 amide bonds. The quantitative estimate of drug-likeness (QED) is 0.681. The number of hydrogen-bond donors (Lipinski definition) is 1. The van der Waals surface area contributed by atoms with E-state index in [0.29, 0.717) is 5.02 Å². The Hall–Kier alpha value is -2.56. The number of pyridine rings is 1. The summed E-state index contributed by atoms with van der Waals surface area (Å²) < 4.78 is 5.37. The molecule has 0 atom stereocenters. The van der Waals surface area contributed by atoms with Gasteiger partial charge in [-0.3, -0.25) is 10.1 Å². The minimum atomic E-state index is -0.734. The highest BCUT2D eigenvalue weighted by molar-refractivity contribution is 6.35. The number of aromatic nitrogens is 1. The number of nitro groups is 1. The van der Waals surface area contributed by atoms with Crippen molar-refractivity contribution in [1.82, 2.24) is 4.98 Å². The lowest BCUT2D eigenvalue weighted by Gasteiger charge is -2.09. The molecule has 2 N–H and O–H groups in total. The number of hydrogen-bond acceptors (Lipinski definition) is 6. The first-order valence-corrected chi connectivity index (χ1v) is 6.16. The predicted octanol–water partition coefficient (Wildman–Crippen LogP) is 3.54. The maximum atomic E-state index is 10.8. The number of anilines is 1. The van der Waals surface area contributed by atoms with Gasteiger partial charge in [0, 0.05) is 11.1 Å². The average molecular weight is 325 g/mol. The molecular weight excluding hydrogens is 319 g/mol. The van der Waals surface area contributed by atoms with Gasteiger partial charge in [0.15, 0.2) is 0 Å². The van der Waals surface area contributed by atoms with Gasteiger partial charge in [-0.05, 0) is 18.2 Å². The van der Waals surface area contributed by atoms with Crippen LogP contribution in [0.15, 0.2) is 24.3 Å². The molecule has 21 heavy (non-hydrogen) atoms. The van der Waals surface area contributed by atoms with Gasteiger partial charge in [-0.2, -0.15) is 10.2 Å². The summed E-state index contributed by atoms with van der Waals surface area (Å²) in [5.74, 6) is -0.345. The summed E-state index contributed by atoms with van der Waals surface area (Å²) in [5.41, 5.74) is 4.86. The van der Waals surface area contributed by atoms with Gasteiger partial charge in [0.05, 0.1) is 9.95 Å². The minimum absolute atomic E-state index is 0.137. The molecule has 106 valence electrons. The number of benzene rings is 1. The average Bonchev–Trinajstić information content (AvgIpc) is 2.41. The molecule has 1 aromatic heterocycles. The van der Waals surface area contributed by atoms with Gasteiger partial charge in [0.1, 0.15) is 17.4 Å². The van der Waals surface area contributed by atoms with E-state index in [1.807, 2.05) is 0 Å². The third-order valence-electron chi connectivity index (χ3n) is 2.41. The second-order valence-corrected chi connectivity index (χ2v) is 4.63. The summed E-state index contributed by atoms with van der Waals surface area (Å²) >= 11 is 11.7. The summed E-state index contributed by atoms with van der Waals surface area (Å²) in [6.07, 6.45) is 0. The van der Waals surface area contributed by atoms with E-state index >= 15 is 0 Å². The second kappa shape index (κ2) is 5.83. The van der Waals surface area contributed by atoms with Crippen LogP contribution in [0, 0.1) is 21.4 Å². The van der Waals surface area contributed by atoms with Gasteiger partial charge in [-0.25, -0.2) is 0 Å². The molecule has 2 rings (SSSR count). The van der Waals surface area contributed by atoms with Gasteiger partial charge in [0.25, 0.3) is 0 Å². The van der Waals surface area contributed by atoms with Crippen molar-refractivity contribution < 1.29 is 9.66 Å². The van der Waals surface area contributed by atoms with Crippen molar-refractivity contribution in [3.63, 3.8) is 0 Å². The maximum Gasteiger partial charge on any atom is 0.312 e. The molecule has 0 saturated heterocycles. The monoisotopic (exact) mass is 324 g/mol. The smallest absolute Gasteiger partial charge is 0.312 e. The third kappa shape index (κ3) is 3.13. The summed E-state index contributed by atoms with van der Waals surface area (Å²) in [5, 5.41) is 20.4. The number of nitrogens with zero attached hydrogens (tertiary/aromatic N) is 3. The maximum absolute atomic E-state index is 10.8. The molecule has 7 nitrogen and oxygen atoms in total. The molecule has 0 aliphatic carbocycles. The molecule has 0 spiro atoms. The van der Waals surface area contributed by atoms with Crippen LogP contribution < -0.4 is 10.5 Å². The Kier molecular flexibility index (Phi) is 4.12. The van der Waals surface area contributed by atoms with Gasteiger partial charge in [0.2, 0.25) is 11.7 Å². The summed E-state index contributed by atoms with van der Waals surface area (Å²) in [6.45, 7) is 0. The SMILES string of the molecule is N#Cc1cc([N+](=O)[O-])c(N)nc1Oc1ccc(Cl)cc1Cl. The fourth-order valence-corrected chi connectivity index (χ4v) is 1.91. The lowest BCUT2D eigenvalue weighted by Crippen LogP contribution is -2.02. The molecule has 1 aromatic carbocycles. The molecule has 0 saturated carbocycles. The topological polar surface area (TPSA) is 115 Å². The van der Waals surface area contributed by atoms with Crippen LogP contribution in [0.3, 0.4) is 0 Å². The molecule has 2 aromatic rings. The van der Waals surface area contributed by atoms with Crippen LogP contribution in [0.2, 0.25) is 10.0 Å². The van der Waals surface area contributed by atoms with Crippen molar-refractivity contribution in [2.24, 2.45) is 0 Å². The van der Waals surface area contributed by atoms with Crippen molar-refractivity contribution >= 4 is 34.7 Å². The van der Waals surface area contributed by atoms with E-state index in [1.165, 1.54) is 18.2 Å². The minimum Gasteiger partial charge on any atom is -0.436 e. The zero-order chi connectivity index (χ0) is 15.6. The number of nitrogens with two attached hydrogens (primary N) is 1. The van der Waals surface area contributed by atoms with Crippen molar-refractivity contribution in [2.45, 2.75) is 0 Å². The zero-order valence-electron chi connectivity index (χ0n) is 10.2. The van der Waals surface area contributed by atoms with Gasteiger partial charge in [-0.15, -0.1) is 0 Å². The number of rotatable bonds is 3. The van der Waals surface area contributed by atoms with E-state index in [9.17, 15) is 10.1 Å². The van der Waals surface area contributed by atoms with Crippen LogP contribution in [-0.2, 0) is 0 Å². The molecule has 0 radical (unpaired) electrons. The van der Waals surface area contributed by atoms with Gasteiger partial charge in [-0.1, -0.05) is 23.2 Å². The summed E-state index contributed by atoms with van der Waals surface area (Å²) in [7, 11) is 0. The van der Waals surface area contributed by atoms with E-state index in [1.54, 1.807) is 6.07 Å². The van der Waals surface area contributed by atoms with Crippen LogP contribution in [-0.4, -0.2) is 9.91 Å². The first kappa shape index (κ1) is 14.8. The second-order valence-electron chi connectivity index (χ2n) is 3.79. The molecule has 0 aliphatic heterocycles. The highest BCUT2D eigenvalue weighted by Gasteiger charge is 2.19. The van der Waals surface area contributed by atoms with Crippen LogP contribution in [0.5, 0.6) is 11.6 Å². The zero-order valence-corrected chi connectivity index (χ0v) is 11.7. The molecule has 0 fully saturated rings. The Morgan fingerprint density at radius 1 is 1.38 bits per heavy atom. The van der Waals surface area contributed by atoms with E-state index in [2.05, 4.69) is 4.98 Å². The van der Waals surface area contributed by atoms with Crippen LogP contribution in [0.25, 0.3) is 0 Å². The number of ether oxygens (including phenoxy) is 1. The molecular formula is C12H6Cl2N4O3. The Labute approximate surface area is 128 Å². The van der Waals surface area contributed by atoms with Crippen molar-refractivity contribution in [1.29, 1.82) is 5.26 Å². The Morgan fingerprint density at radius 3 is 2.67 bits per heavy atom. The third-order valence-corrected chi connectivity index (χ3v) is 2.94. The van der Waals surface area contributed by atoms with Crippen molar-refractivity contribution in [3.8, 4) is 17.7 Å². The highest BCUT2D eigenvalue weighted by Crippen LogP contribution is 2.34. The fraction of sp³-hybridized carbons (Fsp3) is 0. The lowest BCUT2D eigenvalue weighted by atomic mass is 10.2. The summed E-state index contributed by atoms with van der Waals surface area (Å²) in [4.78, 5) is 13.7. The Bertz CT molecular complexity index is 774. The van der Waals surface area contributed by atoms with E-state index in [-0.39, 0.29) is 28.0 Å². The number of nitriles is 1. The summed E-state index contributed by atoms with van der Waals surface area (Å²) in [6, 6.07) is 7.19. The van der Waals surface area contributed by atoms with Crippen LogP contribution >= 0.6 is 23.2 Å². The highest BCUT2D eigenvalue weighted by atomic mass is 35.5. The van der Waals surface area contributed by atoms with E-state index < -0.39 is 10.6 Å². The largest absolute Gasteiger partial charge is 0.436 e. The molecule has 0 aliphatic rings. The first-order chi connectivity index (χ1) is 9.92. The van der Waals surface area contributed by atoms with Gasteiger partial charge < -0.3 is 10.5 Å². The molecule has 0 unspecified atom stereocenters. The number of halogens is 2. The van der Waals surface area contributed by atoms with Crippen molar-refractivity contribution in [2.75, 3.05) is 5.73 Å². The molecule has 1 heterocycles. The molecule has 9 heteroatoms. The normalized spacial score (nSPS) is 9.95. The van der Waals surface area contributed by atoms with Gasteiger partial charge >= 0.3 is 5.69 Å². The predicted molar refractivity (Wildman–Crippen MR) is 76.6 cm³/mol. The van der Waals surface area contributed by atoms with Crippen molar-refractivity contribution in [3.05, 3.63) is 50.0 Å². The van der Waals surface area contributed by atoms with Crippen LogP contribution in [0.1, 0.15) is 5.56 Å². The Morgan fingerprint density at radius 2 is 2.10 bits per heavy atom. The van der Waals surface area contributed by atoms with E-state index in [0.717, 1.165) is 6.07 Å². The van der Waals surface area contributed by atoms with Crippen LogP contribution in [0.4, 0.5) is 11.5 Å². The standard InChI is InChI=1S/C12H6Cl2N4O3/c13-7-1-2-10(8(14)4-7)21-12-6(5-15)3-9(18(19)20)11(16)17-12/h1-4H,(H2,16,17). The molecule has 0 bridgehead atoms. The first-order valence-electron chi connectivity index (χ1n) is 5.40. The lowest BCUT2D eigenvalue weighted by molar-refractivity contribution is -0.384. The number of nitrogen functional groups attached to an aromatic ring is 1. The Balaban J connectivity index is 2.47. The van der Waals surface area contributed by atoms with E-state index in [4.69, 9.17) is 38.9 Å². The fourth-order valence-electron chi connectivity index (χ4n) is 1.47.